The molecule has 1 aliphatic rings. The maximum Gasteiger partial charge on any atom is 0.323 e. The monoisotopic (exact) mass is 429 g/mol. The van der Waals surface area contributed by atoms with Crippen molar-refractivity contribution in [3.8, 4) is 0 Å². The molecular weight excluding hydrogens is 406 g/mol. The number of nitrogens with two attached hydrogens (primary N) is 1. The zero-order valence-electron chi connectivity index (χ0n) is 16.1. The van der Waals surface area contributed by atoms with Crippen molar-refractivity contribution in [2.24, 2.45) is 5.73 Å². The zero-order chi connectivity index (χ0) is 21.7. The molecule has 30 heavy (non-hydrogen) atoms. The third-order valence-electron chi connectivity index (χ3n) is 4.81. The third-order valence-corrected chi connectivity index (χ3v) is 5.96. The van der Waals surface area contributed by atoms with Crippen LogP contribution >= 0.6 is 11.8 Å². The Morgan fingerprint density at radius 2 is 1.80 bits per heavy atom. The Labute approximate surface area is 178 Å². The summed E-state index contributed by atoms with van der Waals surface area (Å²) in [5, 5.41) is 21.9. The fourth-order valence-corrected chi connectivity index (χ4v) is 4.46. The van der Waals surface area contributed by atoms with Crippen molar-refractivity contribution in [2.45, 2.75) is 29.4 Å². The molecule has 2 aromatic carbocycles. The van der Waals surface area contributed by atoms with Gasteiger partial charge in [0.25, 0.3) is 0 Å². The summed E-state index contributed by atoms with van der Waals surface area (Å²) < 4.78 is 0. The van der Waals surface area contributed by atoms with Crippen molar-refractivity contribution in [1.82, 2.24) is 5.32 Å². The highest BCUT2D eigenvalue weighted by molar-refractivity contribution is 7.99. The van der Waals surface area contributed by atoms with E-state index in [0.29, 0.717) is 12.1 Å². The number of hydrogen-bond donors (Lipinski definition) is 4. The summed E-state index contributed by atoms with van der Waals surface area (Å²) in [7, 11) is 0. The summed E-state index contributed by atoms with van der Waals surface area (Å²) in [4.78, 5) is 38.3. The van der Waals surface area contributed by atoms with Crippen LogP contribution in [-0.4, -0.2) is 58.5 Å². The number of rotatable bonds is 8. The molecule has 1 heterocycles. The van der Waals surface area contributed by atoms with E-state index in [1.54, 1.807) is 24.3 Å². The summed E-state index contributed by atoms with van der Waals surface area (Å²) in [6.07, 6.45) is 0.317. The smallest absolute Gasteiger partial charge is 0.323 e. The van der Waals surface area contributed by atoms with Gasteiger partial charge in [-0.2, -0.15) is 0 Å². The van der Waals surface area contributed by atoms with Crippen molar-refractivity contribution >= 4 is 35.3 Å². The first-order valence-electron chi connectivity index (χ1n) is 9.40. The topological polar surface area (TPSA) is 133 Å². The predicted octanol–water partition coefficient (Wildman–Crippen LogP) is 1.19. The summed E-state index contributed by atoms with van der Waals surface area (Å²) in [6, 6.07) is 13.4. The zero-order valence-corrected chi connectivity index (χ0v) is 16.9. The molecule has 3 atom stereocenters. The average Bonchev–Trinajstić information content (AvgIpc) is 2.84. The minimum absolute atomic E-state index is 0.258. The Bertz CT molecular complexity index is 924. The molecule has 5 N–H and O–H groups in total. The second-order valence-corrected chi connectivity index (χ2v) is 8.05. The van der Waals surface area contributed by atoms with Crippen LogP contribution in [0.25, 0.3) is 0 Å². The first kappa shape index (κ1) is 21.8. The fourth-order valence-electron chi connectivity index (χ4n) is 3.37. The molecule has 8 nitrogen and oxygen atoms in total. The van der Waals surface area contributed by atoms with Gasteiger partial charge in [0.15, 0.2) is 0 Å². The van der Waals surface area contributed by atoms with Gasteiger partial charge in [-0.15, -0.1) is 11.8 Å². The van der Waals surface area contributed by atoms with E-state index in [4.69, 9.17) is 5.73 Å². The van der Waals surface area contributed by atoms with Crippen molar-refractivity contribution in [3.63, 3.8) is 0 Å². The van der Waals surface area contributed by atoms with Gasteiger partial charge < -0.3 is 15.9 Å². The van der Waals surface area contributed by atoms with Crippen LogP contribution < -0.4 is 16.0 Å². The van der Waals surface area contributed by atoms with Gasteiger partial charge in [-0.25, -0.2) is 0 Å². The largest absolute Gasteiger partial charge is 0.480 e. The number of para-hydroxylation sites is 1. The molecule has 0 saturated carbocycles. The fraction of sp³-hybridized carbons (Fsp3) is 0.286. The molecular formula is C21H23N3O5S. The van der Waals surface area contributed by atoms with Crippen LogP contribution in [0.3, 0.4) is 0 Å². The molecule has 3 rings (SSSR count). The van der Waals surface area contributed by atoms with Crippen molar-refractivity contribution in [2.75, 3.05) is 17.2 Å². The number of hydrogen-bond acceptors (Lipinski definition) is 6. The highest BCUT2D eigenvalue weighted by Crippen LogP contribution is 2.34. The molecule has 1 amide bonds. The number of carbonyl (C=O) groups excluding carboxylic acids is 1. The lowest BCUT2D eigenvalue weighted by molar-refractivity contribution is -0.141. The molecule has 0 saturated heterocycles. The van der Waals surface area contributed by atoms with Gasteiger partial charge in [0.05, 0.1) is 11.7 Å². The number of carboxylic acid groups (broad SMARTS) is 2. The molecule has 1 aliphatic heterocycles. The Kier molecular flexibility index (Phi) is 7.09. The molecule has 9 heteroatoms. The van der Waals surface area contributed by atoms with Gasteiger partial charge in [-0.05, 0) is 24.1 Å². The van der Waals surface area contributed by atoms with E-state index in [9.17, 15) is 24.6 Å². The van der Waals surface area contributed by atoms with Crippen molar-refractivity contribution < 1.29 is 24.6 Å². The summed E-state index contributed by atoms with van der Waals surface area (Å²) in [5.74, 6) is -2.55. The number of benzene rings is 2. The molecule has 158 valence electrons. The molecule has 1 unspecified atom stereocenters. The first-order valence-corrected chi connectivity index (χ1v) is 10.4. The van der Waals surface area contributed by atoms with Crippen LogP contribution in [0.5, 0.6) is 0 Å². The standard InChI is InChI=1S/C21H23N3O5S/c22-14(10-13-6-2-1-3-7-13)19(21(28)29)23-15-12-30-17-9-5-4-8-16(17)24(20(15)27)11-18(25)26/h1-9,14-15,19,23H,10-12,22H2,(H,25,26)(H,28,29)/t14-,15-,19?/m0/s1. The third kappa shape index (κ3) is 5.18. The van der Waals surface area contributed by atoms with Crippen LogP contribution in [-0.2, 0) is 20.8 Å². The van der Waals surface area contributed by atoms with E-state index in [0.717, 1.165) is 10.5 Å². The van der Waals surface area contributed by atoms with Gasteiger partial charge in [-0.1, -0.05) is 42.5 Å². The van der Waals surface area contributed by atoms with Gasteiger partial charge in [0.2, 0.25) is 5.91 Å². The van der Waals surface area contributed by atoms with E-state index in [1.165, 1.54) is 16.7 Å². The van der Waals surface area contributed by atoms with Gasteiger partial charge in [-0.3, -0.25) is 24.6 Å². The van der Waals surface area contributed by atoms with Crippen LogP contribution in [0, 0.1) is 0 Å². The number of carboxylic acids is 2. The van der Waals surface area contributed by atoms with E-state index in [2.05, 4.69) is 5.32 Å². The molecule has 0 fully saturated rings. The predicted molar refractivity (Wildman–Crippen MR) is 114 cm³/mol. The molecule has 2 aromatic rings. The quantitative estimate of drug-likeness (QED) is 0.492. The van der Waals surface area contributed by atoms with Crippen LogP contribution in [0.2, 0.25) is 0 Å². The number of nitrogens with zero attached hydrogens (tertiary/aromatic N) is 1. The van der Waals surface area contributed by atoms with Crippen molar-refractivity contribution in [1.29, 1.82) is 0 Å². The van der Waals surface area contributed by atoms with Crippen LogP contribution in [0.4, 0.5) is 5.69 Å². The minimum atomic E-state index is -1.17. The number of nitrogens with one attached hydrogen (secondary N) is 1. The summed E-state index contributed by atoms with van der Waals surface area (Å²) >= 11 is 1.37. The number of thioether (sulfide) groups is 1. The Balaban J connectivity index is 1.81. The minimum Gasteiger partial charge on any atom is -0.480 e. The first-order chi connectivity index (χ1) is 14.4. The number of amides is 1. The Morgan fingerprint density at radius 1 is 1.13 bits per heavy atom. The lowest BCUT2D eigenvalue weighted by Crippen LogP contribution is -2.59. The second-order valence-electron chi connectivity index (χ2n) is 6.99. The summed E-state index contributed by atoms with van der Waals surface area (Å²) in [6.45, 7) is -0.512. The van der Waals surface area contributed by atoms with E-state index in [-0.39, 0.29) is 5.75 Å². The Morgan fingerprint density at radius 3 is 2.47 bits per heavy atom. The molecule has 0 bridgehead atoms. The maximum atomic E-state index is 13.1. The number of fused-ring (bicyclic) bond motifs is 1. The molecule has 0 aliphatic carbocycles. The van der Waals surface area contributed by atoms with Crippen molar-refractivity contribution in [3.05, 3.63) is 60.2 Å². The number of aliphatic carboxylic acids is 2. The Hall–Kier alpha value is -2.88. The highest BCUT2D eigenvalue weighted by atomic mass is 32.2. The van der Waals surface area contributed by atoms with Crippen LogP contribution in [0.15, 0.2) is 59.5 Å². The number of carbonyl (C=O) groups is 3. The van der Waals surface area contributed by atoms with E-state index >= 15 is 0 Å². The normalized spacial score (nSPS) is 18.2. The average molecular weight is 429 g/mol. The van der Waals surface area contributed by atoms with E-state index in [1.807, 2.05) is 30.3 Å². The lowest BCUT2D eigenvalue weighted by Gasteiger charge is -2.28. The second kappa shape index (κ2) is 9.75. The number of anilines is 1. The van der Waals surface area contributed by atoms with Gasteiger partial charge in [0.1, 0.15) is 12.6 Å². The van der Waals surface area contributed by atoms with Gasteiger partial charge >= 0.3 is 11.9 Å². The SMILES string of the molecule is N[C@@H](Cc1ccccc1)C(N[C@H]1CSc2ccccc2N(CC(=O)O)C1=O)C(=O)O. The maximum absolute atomic E-state index is 13.1. The highest BCUT2D eigenvalue weighted by Gasteiger charge is 2.36. The van der Waals surface area contributed by atoms with Gasteiger partial charge in [0, 0.05) is 16.7 Å². The van der Waals surface area contributed by atoms with E-state index < -0.39 is 42.5 Å². The summed E-state index contributed by atoms with van der Waals surface area (Å²) in [5.41, 5.74) is 7.57. The van der Waals surface area contributed by atoms with Crippen LogP contribution in [0.1, 0.15) is 5.56 Å². The molecule has 0 aromatic heterocycles. The molecule has 0 radical (unpaired) electrons. The molecule has 0 spiro atoms. The lowest BCUT2D eigenvalue weighted by atomic mass is 9.99.